The molecule has 20 heavy (non-hydrogen) atoms. The summed E-state index contributed by atoms with van der Waals surface area (Å²) in [6, 6.07) is 2.93. The van der Waals surface area contributed by atoms with Gasteiger partial charge in [-0.1, -0.05) is 6.07 Å². The number of halogens is 3. The summed E-state index contributed by atoms with van der Waals surface area (Å²) >= 11 is 0. The first kappa shape index (κ1) is 14.5. The van der Waals surface area contributed by atoms with E-state index in [-0.39, 0.29) is 0 Å². The molecular formula is C14H14F3N3. The molecule has 0 saturated carbocycles. The molecular weight excluding hydrogens is 267 g/mol. The summed E-state index contributed by atoms with van der Waals surface area (Å²) in [4.78, 5) is 8.25. The molecule has 2 aromatic rings. The lowest BCUT2D eigenvalue weighted by Gasteiger charge is -2.16. The number of nitrogens with zero attached hydrogens (tertiary/aromatic N) is 2. The Morgan fingerprint density at radius 2 is 1.80 bits per heavy atom. The van der Waals surface area contributed by atoms with Gasteiger partial charge in [0.15, 0.2) is 0 Å². The first-order chi connectivity index (χ1) is 9.29. The van der Waals surface area contributed by atoms with Crippen molar-refractivity contribution < 1.29 is 13.2 Å². The molecule has 1 atom stereocenters. The summed E-state index contributed by atoms with van der Waals surface area (Å²) in [5, 5.41) is 0. The number of benzene rings is 1. The average molecular weight is 281 g/mol. The second-order valence-corrected chi connectivity index (χ2v) is 4.63. The lowest BCUT2D eigenvalue weighted by molar-refractivity contribution is -0.137. The third-order valence-electron chi connectivity index (χ3n) is 3.05. The Morgan fingerprint density at radius 1 is 1.10 bits per heavy atom. The summed E-state index contributed by atoms with van der Waals surface area (Å²) < 4.78 is 37.8. The minimum atomic E-state index is -4.35. The van der Waals surface area contributed by atoms with E-state index in [9.17, 15) is 13.2 Å². The van der Waals surface area contributed by atoms with Crippen LogP contribution < -0.4 is 5.73 Å². The summed E-state index contributed by atoms with van der Waals surface area (Å²) in [6.07, 6.45) is -1.23. The molecule has 0 bridgehead atoms. The molecule has 1 unspecified atom stereocenters. The normalized spacial score (nSPS) is 13.3. The Kier molecular flexibility index (Phi) is 3.76. The zero-order valence-corrected chi connectivity index (χ0v) is 11.1. The molecule has 0 aliphatic rings. The second-order valence-electron chi connectivity index (χ2n) is 4.63. The molecule has 1 aromatic heterocycles. The van der Waals surface area contributed by atoms with Gasteiger partial charge in [0.05, 0.1) is 29.2 Å². The van der Waals surface area contributed by atoms with Crippen molar-refractivity contribution in [3.8, 4) is 0 Å². The first-order valence-corrected chi connectivity index (χ1v) is 6.01. The molecule has 0 fully saturated rings. The van der Waals surface area contributed by atoms with E-state index >= 15 is 0 Å². The lowest BCUT2D eigenvalue weighted by Crippen LogP contribution is -2.16. The van der Waals surface area contributed by atoms with E-state index in [2.05, 4.69) is 9.97 Å². The van der Waals surface area contributed by atoms with E-state index in [1.807, 2.05) is 0 Å². The highest BCUT2D eigenvalue weighted by atomic mass is 19.4. The number of rotatable bonds is 2. The third-order valence-corrected chi connectivity index (χ3v) is 3.05. The van der Waals surface area contributed by atoms with E-state index in [0.717, 1.165) is 17.8 Å². The zero-order valence-electron chi connectivity index (χ0n) is 11.1. The van der Waals surface area contributed by atoms with Crippen LogP contribution in [-0.4, -0.2) is 9.97 Å². The molecule has 1 aromatic carbocycles. The molecule has 6 heteroatoms. The van der Waals surface area contributed by atoms with Crippen LogP contribution >= 0.6 is 0 Å². The van der Waals surface area contributed by atoms with Crippen molar-refractivity contribution in [2.45, 2.75) is 26.1 Å². The smallest absolute Gasteiger partial charge is 0.319 e. The Bertz CT molecular complexity index is 606. The van der Waals surface area contributed by atoms with Crippen molar-refractivity contribution in [1.82, 2.24) is 9.97 Å². The average Bonchev–Trinajstić information content (AvgIpc) is 2.37. The van der Waals surface area contributed by atoms with Gasteiger partial charge in [-0.25, -0.2) is 0 Å². The maximum Gasteiger partial charge on any atom is 0.416 e. The monoisotopic (exact) mass is 281 g/mol. The summed E-state index contributed by atoms with van der Waals surface area (Å²) in [5.41, 5.74) is 7.73. The SMILES string of the molecule is Cc1cnc(C(N)c2ccc(C(F)(F)F)cc2C)cn1. The van der Waals surface area contributed by atoms with Gasteiger partial charge >= 0.3 is 6.18 Å². The Morgan fingerprint density at radius 3 is 2.30 bits per heavy atom. The molecule has 3 nitrogen and oxygen atoms in total. The van der Waals surface area contributed by atoms with Crippen LogP contribution in [0.25, 0.3) is 0 Å². The molecule has 106 valence electrons. The fraction of sp³-hybridized carbons (Fsp3) is 0.286. The van der Waals surface area contributed by atoms with Crippen LogP contribution in [0.3, 0.4) is 0 Å². The fourth-order valence-electron chi connectivity index (χ4n) is 1.92. The van der Waals surface area contributed by atoms with Gasteiger partial charge in [0.1, 0.15) is 0 Å². The highest BCUT2D eigenvalue weighted by Crippen LogP contribution is 2.32. The van der Waals surface area contributed by atoms with Crippen molar-refractivity contribution in [2.75, 3.05) is 0 Å². The van der Waals surface area contributed by atoms with Gasteiger partial charge in [-0.3, -0.25) is 9.97 Å². The largest absolute Gasteiger partial charge is 0.416 e. The van der Waals surface area contributed by atoms with Crippen LogP contribution in [-0.2, 0) is 6.18 Å². The molecule has 0 radical (unpaired) electrons. The van der Waals surface area contributed by atoms with E-state index < -0.39 is 17.8 Å². The molecule has 0 aliphatic carbocycles. The molecule has 0 amide bonds. The minimum absolute atomic E-state index is 0.481. The highest BCUT2D eigenvalue weighted by molar-refractivity contribution is 5.37. The van der Waals surface area contributed by atoms with Gasteiger partial charge in [-0.05, 0) is 37.1 Å². The van der Waals surface area contributed by atoms with E-state index in [1.54, 1.807) is 20.0 Å². The summed E-state index contributed by atoms with van der Waals surface area (Å²) in [7, 11) is 0. The maximum absolute atomic E-state index is 12.6. The van der Waals surface area contributed by atoms with Crippen molar-refractivity contribution in [2.24, 2.45) is 5.73 Å². The van der Waals surface area contributed by atoms with Crippen molar-refractivity contribution >= 4 is 0 Å². The van der Waals surface area contributed by atoms with Gasteiger partial charge < -0.3 is 5.73 Å². The van der Waals surface area contributed by atoms with Gasteiger partial charge in [-0.2, -0.15) is 13.2 Å². The molecule has 1 heterocycles. The van der Waals surface area contributed by atoms with Crippen molar-refractivity contribution in [1.29, 1.82) is 0 Å². The Balaban J connectivity index is 2.36. The molecule has 0 aliphatic heterocycles. The van der Waals surface area contributed by atoms with Gasteiger partial charge in [0.25, 0.3) is 0 Å². The van der Waals surface area contributed by atoms with Crippen LogP contribution in [0.1, 0.15) is 34.1 Å². The van der Waals surface area contributed by atoms with E-state index in [1.165, 1.54) is 12.3 Å². The van der Waals surface area contributed by atoms with Crippen LogP contribution in [0, 0.1) is 13.8 Å². The predicted octanol–water partition coefficient (Wildman–Crippen LogP) is 3.16. The highest BCUT2D eigenvalue weighted by Gasteiger charge is 2.31. The van der Waals surface area contributed by atoms with Crippen LogP contribution in [0.15, 0.2) is 30.6 Å². The van der Waals surface area contributed by atoms with Crippen LogP contribution in [0.5, 0.6) is 0 Å². The van der Waals surface area contributed by atoms with Gasteiger partial charge in [0, 0.05) is 6.20 Å². The standard InChI is InChI=1S/C14H14F3N3/c1-8-5-10(14(15,16)17)3-4-11(8)13(18)12-7-19-9(2)6-20-12/h3-7,13H,18H2,1-2H3. The van der Waals surface area contributed by atoms with Gasteiger partial charge in [-0.15, -0.1) is 0 Å². The first-order valence-electron chi connectivity index (χ1n) is 6.01. The predicted molar refractivity (Wildman–Crippen MR) is 69.0 cm³/mol. The molecule has 0 saturated heterocycles. The number of hydrogen-bond acceptors (Lipinski definition) is 3. The molecule has 2 rings (SSSR count). The molecule has 2 N–H and O–H groups in total. The molecule has 0 spiro atoms. The third kappa shape index (κ3) is 2.96. The number of aryl methyl sites for hydroxylation is 2. The Hall–Kier alpha value is -1.95. The minimum Gasteiger partial charge on any atom is -0.319 e. The number of alkyl halides is 3. The summed E-state index contributed by atoms with van der Waals surface area (Å²) in [5.74, 6) is 0. The topological polar surface area (TPSA) is 51.8 Å². The van der Waals surface area contributed by atoms with Crippen molar-refractivity contribution in [3.05, 3.63) is 58.7 Å². The second kappa shape index (κ2) is 5.20. The van der Waals surface area contributed by atoms with Crippen molar-refractivity contribution in [3.63, 3.8) is 0 Å². The lowest BCUT2D eigenvalue weighted by atomic mass is 9.97. The van der Waals surface area contributed by atoms with Crippen LogP contribution in [0.2, 0.25) is 0 Å². The number of nitrogens with two attached hydrogens (primary N) is 1. The van der Waals surface area contributed by atoms with Gasteiger partial charge in [0.2, 0.25) is 0 Å². The maximum atomic E-state index is 12.6. The summed E-state index contributed by atoms with van der Waals surface area (Å²) in [6.45, 7) is 3.40. The van der Waals surface area contributed by atoms with E-state index in [4.69, 9.17) is 5.73 Å². The fourth-order valence-corrected chi connectivity index (χ4v) is 1.92. The zero-order chi connectivity index (χ0) is 14.9. The van der Waals surface area contributed by atoms with Crippen LogP contribution in [0.4, 0.5) is 13.2 Å². The number of hydrogen-bond donors (Lipinski definition) is 1. The number of aromatic nitrogens is 2. The Labute approximate surface area is 114 Å². The quantitative estimate of drug-likeness (QED) is 0.920. The van der Waals surface area contributed by atoms with E-state index in [0.29, 0.717) is 16.8 Å².